The van der Waals surface area contributed by atoms with Crippen LogP contribution in [-0.4, -0.2) is 81.3 Å². The summed E-state index contributed by atoms with van der Waals surface area (Å²) in [5, 5.41) is 19.0. The predicted molar refractivity (Wildman–Crippen MR) is 112 cm³/mol. The molecule has 1 fully saturated rings. The standard InChI is InChI=1S/C21H27FN6O3/c1-21(2)17-16(13-28(21)20(31)27-8-6-26(7-9-27)10-11-29)18(25-24-17)23-19(30)14-4-3-5-15(22)12-14/h3-5,12,29H,6-11,13H2,1-2H3,(H2,23,24,25,30). The van der Waals surface area contributed by atoms with Gasteiger partial charge in [-0.2, -0.15) is 5.10 Å². The molecule has 166 valence electrons. The highest BCUT2D eigenvalue weighted by molar-refractivity contribution is 6.04. The predicted octanol–water partition coefficient (Wildman–Crippen LogP) is 1.58. The molecule has 0 unspecified atom stereocenters. The molecule has 3 N–H and O–H groups in total. The third-order valence-corrected chi connectivity index (χ3v) is 6.08. The van der Waals surface area contributed by atoms with Crippen LogP contribution in [0.5, 0.6) is 0 Å². The molecule has 1 aromatic heterocycles. The fourth-order valence-corrected chi connectivity index (χ4v) is 4.21. The van der Waals surface area contributed by atoms with Gasteiger partial charge in [0.25, 0.3) is 5.91 Å². The van der Waals surface area contributed by atoms with Crippen molar-refractivity contribution in [3.8, 4) is 0 Å². The van der Waals surface area contributed by atoms with Crippen LogP contribution < -0.4 is 5.32 Å². The van der Waals surface area contributed by atoms with Gasteiger partial charge in [0.05, 0.1) is 24.4 Å². The van der Waals surface area contributed by atoms with Crippen molar-refractivity contribution in [1.82, 2.24) is 24.9 Å². The van der Waals surface area contributed by atoms with E-state index in [4.69, 9.17) is 5.11 Å². The minimum Gasteiger partial charge on any atom is -0.395 e. The van der Waals surface area contributed by atoms with Crippen molar-refractivity contribution in [2.24, 2.45) is 0 Å². The van der Waals surface area contributed by atoms with E-state index in [0.29, 0.717) is 32.0 Å². The Bertz CT molecular complexity index is 983. The van der Waals surface area contributed by atoms with Crippen molar-refractivity contribution in [2.75, 3.05) is 44.6 Å². The van der Waals surface area contributed by atoms with Crippen molar-refractivity contribution < 1.29 is 19.1 Å². The number of urea groups is 1. The maximum absolute atomic E-state index is 13.4. The topological polar surface area (TPSA) is 105 Å². The first kappa shape index (κ1) is 21.3. The van der Waals surface area contributed by atoms with E-state index in [9.17, 15) is 14.0 Å². The number of aromatic nitrogens is 2. The number of halogens is 1. The molecule has 2 aliphatic heterocycles. The molecule has 1 saturated heterocycles. The lowest BCUT2D eigenvalue weighted by Crippen LogP contribution is -2.55. The molecular formula is C21H27FN6O3. The third kappa shape index (κ3) is 4.00. The number of aliphatic hydroxyl groups excluding tert-OH is 1. The number of nitrogens with one attached hydrogen (secondary N) is 2. The average molecular weight is 430 g/mol. The number of anilines is 1. The van der Waals surface area contributed by atoms with Crippen molar-refractivity contribution in [2.45, 2.75) is 25.9 Å². The highest BCUT2D eigenvalue weighted by Crippen LogP contribution is 2.41. The zero-order valence-corrected chi connectivity index (χ0v) is 17.7. The molecule has 0 aliphatic carbocycles. The monoisotopic (exact) mass is 430 g/mol. The second-order valence-corrected chi connectivity index (χ2v) is 8.37. The van der Waals surface area contributed by atoms with Gasteiger partial charge in [-0.05, 0) is 32.0 Å². The van der Waals surface area contributed by atoms with E-state index in [-0.39, 0.29) is 18.2 Å². The normalized spacial score (nSPS) is 18.2. The number of hydrogen-bond donors (Lipinski definition) is 3. The first-order chi connectivity index (χ1) is 14.8. The number of rotatable bonds is 4. The number of piperazine rings is 1. The molecule has 3 amide bonds. The number of aliphatic hydroxyl groups is 1. The van der Waals surface area contributed by atoms with E-state index in [1.54, 1.807) is 4.90 Å². The fraction of sp³-hybridized carbons (Fsp3) is 0.476. The van der Waals surface area contributed by atoms with Gasteiger partial charge < -0.3 is 20.2 Å². The van der Waals surface area contributed by atoms with Gasteiger partial charge in [0, 0.05) is 43.9 Å². The summed E-state index contributed by atoms with van der Waals surface area (Å²) < 4.78 is 13.4. The number of H-pyrrole nitrogens is 1. The first-order valence-corrected chi connectivity index (χ1v) is 10.4. The van der Waals surface area contributed by atoms with Crippen LogP contribution in [0.4, 0.5) is 15.0 Å². The molecule has 9 nitrogen and oxygen atoms in total. The summed E-state index contributed by atoms with van der Waals surface area (Å²) in [4.78, 5) is 31.5. The number of fused-ring (bicyclic) bond motifs is 1. The van der Waals surface area contributed by atoms with Crippen LogP contribution in [0.15, 0.2) is 24.3 Å². The minimum absolute atomic E-state index is 0.0688. The molecule has 2 aliphatic rings. The molecule has 0 atom stereocenters. The number of benzene rings is 1. The number of amides is 3. The van der Waals surface area contributed by atoms with E-state index in [2.05, 4.69) is 20.4 Å². The Kier molecular flexibility index (Phi) is 5.67. The Hall–Kier alpha value is -2.98. The van der Waals surface area contributed by atoms with Crippen LogP contribution in [0.2, 0.25) is 0 Å². The molecule has 0 saturated carbocycles. The van der Waals surface area contributed by atoms with Crippen molar-refractivity contribution in [3.63, 3.8) is 0 Å². The lowest BCUT2D eigenvalue weighted by atomic mass is 10.0. The zero-order valence-electron chi connectivity index (χ0n) is 17.7. The second-order valence-electron chi connectivity index (χ2n) is 8.37. The van der Waals surface area contributed by atoms with E-state index < -0.39 is 17.3 Å². The molecule has 4 rings (SSSR count). The van der Waals surface area contributed by atoms with E-state index in [1.165, 1.54) is 24.3 Å². The molecular weight excluding hydrogens is 403 g/mol. The van der Waals surface area contributed by atoms with Crippen LogP contribution >= 0.6 is 0 Å². The van der Waals surface area contributed by atoms with Crippen LogP contribution in [0.1, 0.15) is 35.5 Å². The Labute approximate surface area is 179 Å². The van der Waals surface area contributed by atoms with E-state index >= 15 is 0 Å². The average Bonchev–Trinajstić information content (AvgIpc) is 3.26. The maximum Gasteiger partial charge on any atom is 0.321 e. The van der Waals surface area contributed by atoms with Crippen LogP contribution in [-0.2, 0) is 12.1 Å². The van der Waals surface area contributed by atoms with Gasteiger partial charge in [-0.25, -0.2) is 9.18 Å². The first-order valence-electron chi connectivity index (χ1n) is 10.4. The van der Waals surface area contributed by atoms with Crippen molar-refractivity contribution in [3.05, 3.63) is 46.9 Å². The summed E-state index contributed by atoms with van der Waals surface area (Å²) in [6.07, 6.45) is 0. The number of carbonyl (C=O) groups excluding carboxylic acids is 2. The van der Waals surface area contributed by atoms with E-state index in [0.717, 1.165) is 24.3 Å². The lowest BCUT2D eigenvalue weighted by molar-refractivity contribution is 0.0777. The fourth-order valence-electron chi connectivity index (χ4n) is 4.21. The Morgan fingerprint density at radius 1 is 1.26 bits per heavy atom. The summed E-state index contributed by atoms with van der Waals surface area (Å²) in [5.41, 5.74) is 1.10. The summed E-state index contributed by atoms with van der Waals surface area (Å²) >= 11 is 0. The summed E-state index contributed by atoms with van der Waals surface area (Å²) in [7, 11) is 0. The Morgan fingerprint density at radius 2 is 2.00 bits per heavy atom. The largest absolute Gasteiger partial charge is 0.395 e. The number of carbonyl (C=O) groups is 2. The SMILES string of the molecule is CC1(C)c2[nH]nc(NC(=O)c3cccc(F)c3)c2CN1C(=O)N1CCN(CCO)CC1. The molecule has 31 heavy (non-hydrogen) atoms. The summed E-state index contributed by atoms with van der Waals surface area (Å²) in [6.45, 7) is 7.56. The van der Waals surface area contributed by atoms with Gasteiger partial charge in [0.15, 0.2) is 5.82 Å². The van der Waals surface area contributed by atoms with Gasteiger partial charge in [-0.1, -0.05) is 6.07 Å². The summed E-state index contributed by atoms with van der Waals surface area (Å²) in [6, 6.07) is 5.38. The highest BCUT2D eigenvalue weighted by atomic mass is 19.1. The molecule has 0 spiro atoms. The number of nitrogens with zero attached hydrogens (tertiary/aromatic N) is 4. The van der Waals surface area contributed by atoms with Crippen LogP contribution in [0.25, 0.3) is 0 Å². The minimum atomic E-state index is -0.622. The third-order valence-electron chi connectivity index (χ3n) is 6.08. The van der Waals surface area contributed by atoms with Crippen LogP contribution in [0, 0.1) is 5.82 Å². The van der Waals surface area contributed by atoms with Gasteiger partial charge in [-0.15, -0.1) is 0 Å². The quantitative estimate of drug-likeness (QED) is 0.683. The second kappa shape index (κ2) is 8.27. The highest BCUT2D eigenvalue weighted by Gasteiger charge is 2.45. The molecule has 2 aromatic rings. The molecule has 1 aromatic carbocycles. The Balaban J connectivity index is 1.48. The number of aromatic amines is 1. The van der Waals surface area contributed by atoms with Gasteiger partial charge in [0.2, 0.25) is 0 Å². The van der Waals surface area contributed by atoms with Gasteiger partial charge in [-0.3, -0.25) is 14.8 Å². The van der Waals surface area contributed by atoms with Crippen LogP contribution in [0.3, 0.4) is 0 Å². The van der Waals surface area contributed by atoms with Crippen molar-refractivity contribution in [1.29, 1.82) is 0 Å². The molecule has 10 heteroatoms. The Morgan fingerprint density at radius 3 is 2.68 bits per heavy atom. The van der Waals surface area contributed by atoms with E-state index in [1.807, 2.05) is 18.7 Å². The van der Waals surface area contributed by atoms with Gasteiger partial charge in [0.1, 0.15) is 5.82 Å². The number of β-amino-alcohol motifs (C(OH)–C–C–N with tert-alkyl or cyclic N) is 1. The molecule has 3 heterocycles. The lowest BCUT2D eigenvalue weighted by Gasteiger charge is -2.40. The maximum atomic E-state index is 13.4. The zero-order chi connectivity index (χ0) is 22.2. The molecule has 0 radical (unpaired) electrons. The molecule has 0 bridgehead atoms. The van der Waals surface area contributed by atoms with Gasteiger partial charge >= 0.3 is 6.03 Å². The number of hydrogen-bond acceptors (Lipinski definition) is 5. The van der Waals surface area contributed by atoms with Crippen molar-refractivity contribution >= 4 is 17.8 Å². The summed E-state index contributed by atoms with van der Waals surface area (Å²) in [5.74, 6) is -0.603. The smallest absolute Gasteiger partial charge is 0.321 e.